The Morgan fingerprint density at radius 3 is 2.68 bits per heavy atom. The maximum absolute atomic E-state index is 3.57. The number of fused-ring (bicyclic) bond motifs is 1. The fourth-order valence-electron chi connectivity index (χ4n) is 2.26. The lowest BCUT2D eigenvalue weighted by Gasteiger charge is -2.14. The van der Waals surface area contributed by atoms with E-state index in [4.69, 9.17) is 0 Å². The van der Waals surface area contributed by atoms with E-state index in [9.17, 15) is 0 Å². The van der Waals surface area contributed by atoms with Crippen LogP contribution in [0.15, 0.2) is 59.3 Å². The van der Waals surface area contributed by atoms with Crippen LogP contribution in [0, 0.1) is 0 Å². The van der Waals surface area contributed by atoms with Crippen LogP contribution >= 0.6 is 11.3 Å². The number of hydrogen-bond acceptors (Lipinski definition) is 2. The summed E-state index contributed by atoms with van der Waals surface area (Å²) in [5, 5.41) is 10.5. The van der Waals surface area contributed by atoms with Gasteiger partial charge in [0.1, 0.15) is 0 Å². The number of rotatable bonds is 4. The average molecular weight is 267 g/mol. The number of hydrogen-bond donors (Lipinski definition) is 1. The molecule has 0 aliphatic carbocycles. The Morgan fingerprint density at radius 1 is 1.05 bits per heavy atom. The highest BCUT2D eigenvalue weighted by Gasteiger charge is 2.05. The Morgan fingerprint density at radius 2 is 1.89 bits per heavy atom. The van der Waals surface area contributed by atoms with Crippen LogP contribution in [0.2, 0.25) is 0 Å². The van der Waals surface area contributed by atoms with Crippen molar-refractivity contribution in [3.63, 3.8) is 0 Å². The van der Waals surface area contributed by atoms with Crippen molar-refractivity contribution in [2.45, 2.75) is 19.5 Å². The predicted molar refractivity (Wildman–Crippen MR) is 83.5 cm³/mol. The van der Waals surface area contributed by atoms with Gasteiger partial charge in [0.25, 0.3) is 0 Å². The smallest absolute Gasteiger partial charge is 0.0295 e. The maximum atomic E-state index is 3.57. The lowest BCUT2D eigenvalue weighted by molar-refractivity contribution is 0.576. The molecule has 1 heterocycles. The van der Waals surface area contributed by atoms with Crippen LogP contribution in [-0.4, -0.2) is 0 Å². The van der Waals surface area contributed by atoms with Crippen molar-refractivity contribution in [3.05, 3.63) is 70.4 Å². The summed E-state index contributed by atoms with van der Waals surface area (Å²) in [5.41, 5.74) is 2.70. The van der Waals surface area contributed by atoms with E-state index in [0.717, 1.165) is 6.54 Å². The Kier molecular flexibility index (Phi) is 3.62. The zero-order valence-electron chi connectivity index (χ0n) is 11.0. The molecule has 0 aliphatic rings. The molecule has 0 amide bonds. The van der Waals surface area contributed by atoms with E-state index in [1.807, 2.05) is 0 Å². The minimum absolute atomic E-state index is 0.365. The third kappa shape index (κ3) is 2.86. The largest absolute Gasteiger partial charge is 0.306 e. The van der Waals surface area contributed by atoms with E-state index < -0.39 is 0 Å². The summed E-state index contributed by atoms with van der Waals surface area (Å²) in [4.78, 5) is 0. The molecule has 0 fully saturated rings. The summed E-state index contributed by atoms with van der Waals surface area (Å²) >= 11 is 1.75. The van der Waals surface area contributed by atoms with Gasteiger partial charge in [-0.1, -0.05) is 36.4 Å². The first-order valence-electron chi connectivity index (χ1n) is 6.56. The van der Waals surface area contributed by atoms with Gasteiger partial charge in [0.05, 0.1) is 0 Å². The molecule has 2 aromatic carbocycles. The van der Waals surface area contributed by atoms with Gasteiger partial charge in [-0.15, -0.1) is 0 Å². The van der Waals surface area contributed by atoms with E-state index in [1.165, 1.54) is 21.9 Å². The third-order valence-corrected chi connectivity index (χ3v) is 4.20. The Balaban J connectivity index is 1.75. The molecule has 1 atom stereocenters. The molecule has 0 aliphatic heterocycles. The quantitative estimate of drug-likeness (QED) is 0.719. The van der Waals surface area contributed by atoms with Crippen LogP contribution in [0.25, 0.3) is 10.8 Å². The van der Waals surface area contributed by atoms with Gasteiger partial charge < -0.3 is 5.32 Å². The molecule has 0 spiro atoms. The Labute approximate surface area is 117 Å². The molecular formula is C17H17NS. The topological polar surface area (TPSA) is 12.0 Å². The molecule has 1 nitrogen and oxygen atoms in total. The summed E-state index contributed by atoms with van der Waals surface area (Å²) in [7, 11) is 0. The van der Waals surface area contributed by atoms with Crippen LogP contribution in [0.1, 0.15) is 24.1 Å². The first-order chi connectivity index (χ1) is 9.33. The summed E-state index contributed by atoms with van der Waals surface area (Å²) in [5.74, 6) is 0. The zero-order valence-corrected chi connectivity index (χ0v) is 11.8. The molecule has 3 rings (SSSR count). The summed E-state index contributed by atoms with van der Waals surface area (Å²) in [6.45, 7) is 3.15. The highest BCUT2D eigenvalue weighted by atomic mass is 32.1. The van der Waals surface area contributed by atoms with Gasteiger partial charge in [-0.05, 0) is 51.7 Å². The van der Waals surface area contributed by atoms with Crippen LogP contribution in [0.5, 0.6) is 0 Å². The van der Waals surface area contributed by atoms with Crippen LogP contribution in [-0.2, 0) is 6.54 Å². The molecule has 1 aromatic heterocycles. The maximum Gasteiger partial charge on any atom is 0.0295 e. The molecule has 19 heavy (non-hydrogen) atoms. The molecule has 3 aromatic rings. The van der Waals surface area contributed by atoms with Gasteiger partial charge in [-0.25, -0.2) is 0 Å². The summed E-state index contributed by atoms with van der Waals surface area (Å²) < 4.78 is 0. The normalized spacial score (nSPS) is 12.7. The highest BCUT2D eigenvalue weighted by Crippen LogP contribution is 2.20. The van der Waals surface area contributed by atoms with Gasteiger partial charge in [0, 0.05) is 12.6 Å². The van der Waals surface area contributed by atoms with E-state index >= 15 is 0 Å². The molecule has 0 saturated heterocycles. The predicted octanol–water partition coefficient (Wildman–Crippen LogP) is 4.75. The van der Waals surface area contributed by atoms with Crippen molar-refractivity contribution in [2.75, 3.05) is 0 Å². The van der Waals surface area contributed by atoms with Gasteiger partial charge in [0.15, 0.2) is 0 Å². The first-order valence-corrected chi connectivity index (χ1v) is 7.50. The molecule has 2 heteroatoms. The van der Waals surface area contributed by atoms with Gasteiger partial charge in [-0.2, -0.15) is 11.3 Å². The number of nitrogens with one attached hydrogen (secondary N) is 1. The average Bonchev–Trinajstić information content (AvgIpc) is 2.97. The molecule has 0 saturated carbocycles. The minimum atomic E-state index is 0.365. The lowest BCUT2D eigenvalue weighted by Crippen LogP contribution is -2.17. The second-order valence-electron chi connectivity index (χ2n) is 4.84. The van der Waals surface area contributed by atoms with E-state index in [1.54, 1.807) is 11.3 Å². The van der Waals surface area contributed by atoms with E-state index in [-0.39, 0.29) is 0 Å². The Hall–Kier alpha value is -1.64. The van der Waals surface area contributed by atoms with Crippen LogP contribution < -0.4 is 5.32 Å². The van der Waals surface area contributed by atoms with E-state index in [0.29, 0.717) is 6.04 Å². The molecular weight excluding hydrogens is 250 g/mol. The molecule has 1 unspecified atom stereocenters. The van der Waals surface area contributed by atoms with Crippen molar-refractivity contribution in [3.8, 4) is 0 Å². The van der Waals surface area contributed by atoms with Gasteiger partial charge in [0.2, 0.25) is 0 Å². The highest BCUT2D eigenvalue weighted by molar-refractivity contribution is 7.07. The minimum Gasteiger partial charge on any atom is -0.306 e. The summed E-state index contributed by atoms with van der Waals surface area (Å²) in [6.07, 6.45) is 0. The van der Waals surface area contributed by atoms with Gasteiger partial charge >= 0.3 is 0 Å². The van der Waals surface area contributed by atoms with Crippen LogP contribution in [0.3, 0.4) is 0 Å². The fraction of sp³-hybridized carbons (Fsp3) is 0.176. The standard InChI is InChI=1S/C17H17NS/c1-13(18-11-14-8-9-19-12-14)16-7-6-15-4-2-3-5-17(15)10-16/h2-10,12-13,18H,11H2,1H3. The first kappa shape index (κ1) is 12.4. The van der Waals surface area contributed by atoms with Crippen LogP contribution in [0.4, 0.5) is 0 Å². The SMILES string of the molecule is CC(NCc1ccsc1)c1ccc2ccccc2c1. The second kappa shape index (κ2) is 5.55. The van der Waals surface area contributed by atoms with Crippen molar-refractivity contribution in [1.29, 1.82) is 0 Å². The van der Waals surface area contributed by atoms with Crippen molar-refractivity contribution in [1.82, 2.24) is 5.32 Å². The molecule has 0 bridgehead atoms. The number of thiophene rings is 1. The second-order valence-corrected chi connectivity index (χ2v) is 5.62. The van der Waals surface area contributed by atoms with E-state index in [2.05, 4.69) is 71.5 Å². The van der Waals surface area contributed by atoms with Crippen molar-refractivity contribution < 1.29 is 0 Å². The fourth-order valence-corrected chi connectivity index (χ4v) is 2.93. The molecule has 1 N–H and O–H groups in total. The summed E-state index contributed by atoms with van der Waals surface area (Å²) in [6, 6.07) is 17.7. The van der Waals surface area contributed by atoms with Crippen molar-refractivity contribution in [2.24, 2.45) is 0 Å². The monoisotopic (exact) mass is 267 g/mol. The number of benzene rings is 2. The molecule has 96 valence electrons. The Bertz CT molecular complexity index is 658. The zero-order chi connectivity index (χ0) is 13.1. The van der Waals surface area contributed by atoms with Crippen molar-refractivity contribution >= 4 is 22.1 Å². The third-order valence-electron chi connectivity index (χ3n) is 3.47. The lowest BCUT2D eigenvalue weighted by atomic mass is 10.0. The molecule has 0 radical (unpaired) electrons. The van der Waals surface area contributed by atoms with Gasteiger partial charge in [-0.3, -0.25) is 0 Å².